The molecule has 0 fully saturated rings. The third-order valence-corrected chi connectivity index (χ3v) is 3.38. The van der Waals surface area contributed by atoms with E-state index in [1.54, 1.807) is 12.4 Å². The second-order valence-corrected chi connectivity index (χ2v) is 4.55. The molecule has 0 bridgehead atoms. The maximum Gasteiger partial charge on any atom is 0.172 e. The van der Waals surface area contributed by atoms with Gasteiger partial charge in [-0.15, -0.1) is 11.3 Å². The second-order valence-electron chi connectivity index (χ2n) is 3.46. The zero-order valence-corrected chi connectivity index (χ0v) is 9.83. The van der Waals surface area contributed by atoms with E-state index in [0.29, 0.717) is 6.42 Å². The lowest BCUT2D eigenvalue weighted by atomic mass is 10.2. The van der Waals surface area contributed by atoms with Crippen LogP contribution in [-0.4, -0.2) is 15.8 Å². The molecule has 0 radical (unpaired) electrons. The van der Waals surface area contributed by atoms with Gasteiger partial charge < -0.3 is 0 Å². The molecule has 0 aliphatic heterocycles. The minimum absolute atomic E-state index is 0.218. The van der Waals surface area contributed by atoms with Crippen LogP contribution in [-0.2, 0) is 0 Å². The van der Waals surface area contributed by atoms with Crippen molar-refractivity contribution in [1.82, 2.24) is 9.97 Å². The molecule has 0 atom stereocenters. The number of aromatic nitrogens is 2. The normalized spacial score (nSPS) is 10.3. The number of carbonyl (C=O) groups excluding carboxylic acids is 1. The van der Waals surface area contributed by atoms with Crippen LogP contribution in [0.25, 0.3) is 10.4 Å². The molecule has 16 heavy (non-hydrogen) atoms. The van der Waals surface area contributed by atoms with E-state index in [-0.39, 0.29) is 5.78 Å². The van der Waals surface area contributed by atoms with Crippen molar-refractivity contribution in [3.63, 3.8) is 0 Å². The third kappa shape index (κ3) is 2.33. The van der Waals surface area contributed by atoms with Crippen molar-refractivity contribution in [3.05, 3.63) is 35.7 Å². The van der Waals surface area contributed by atoms with Crippen molar-refractivity contribution in [3.8, 4) is 10.4 Å². The van der Waals surface area contributed by atoms with Gasteiger partial charge in [0.25, 0.3) is 0 Å². The number of hydrogen-bond acceptors (Lipinski definition) is 4. The number of ketones is 1. The van der Waals surface area contributed by atoms with E-state index >= 15 is 0 Å². The van der Waals surface area contributed by atoms with E-state index in [2.05, 4.69) is 9.97 Å². The van der Waals surface area contributed by atoms with E-state index in [1.807, 2.05) is 19.1 Å². The molecule has 82 valence electrons. The van der Waals surface area contributed by atoms with Crippen molar-refractivity contribution in [2.75, 3.05) is 0 Å². The number of nitrogens with zero attached hydrogens (tertiary/aromatic N) is 2. The summed E-state index contributed by atoms with van der Waals surface area (Å²) in [5, 5.41) is 0. The lowest BCUT2D eigenvalue weighted by molar-refractivity contribution is 0.0985. The van der Waals surface area contributed by atoms with Gasteiger partial charge in [-0.1, -0.05) is 6.92 Å². The SMILES string of the molecule is CCCC(=O)c1ccc(-c2cncnc2)s1. The van der Waals surface area contributed by atoms with Gasteiger partial charge in [-0.25, -0.2) is 9.97 Å². The van der Waals surface area contributed by atoms with Crippen LogP contribution in [0.1, 0.15) is 29.4 Å². The fraction of sp³-hybridized carbons (Fsp3) is 0.250. The van der Waals surface area contributed by atoms with Gasteiger partial charge in [0.05, 0.1) is 4.88 Å². The van der Waals surface area contributed by atoms with Crippen molar-refractivity contribution < 1.29 is 4.79 Å². The Balaban J connectivity index is 2.23. The van der Waals surface area contributed by atoms with Crippen LogP contribution in [0.4, 0.5) is 0 Å². The van der Waals surface area contributed by atoms with Gasteiger partial charge in [0.1, 0.15) is 6.33 Å². The second kappa shape index (κ2) is 4.99. The van der Waals surface area contributed by atoms with Crippen molar-refractivity contribution in [2.45, 2.75) is 19.8 Å². The van der Waals surface area contributed by atoms with Crippen LogP contribution >= 0.6 is 11.3 Å². The molecule has 0 aromatic carbocycles. The highest BCUT2D eigenvalue weighted by Crippen LogP contribution is 2.27. The Kier molecular flexibility index (Phi) is 3.41. The van der Waals surface area contributed by atoms with Gasteiger partial charge in [0.15, 0.2) is 5.78 Å². The van der Waals surface area contributed by atoms with Crippen LogP contribution in [0.2, 0.25) is 0 Å². The monoisotopic (exact) mass is 232 g/mol. The van der Waals surface area contributed by atoms with Crippen LogP contribution in [0.3, 0.4) is 0 Å². The predicted octanol–water partition coefficient (Wildman–Crippen LogP) is 3.19. The molecule has 0 saturated carbocycles. The summed E-state index contributed by atoms with van der Waals surface area (Å²) in [5.41, 5.74) is 0.961. The van der Waals surface area contributed by atoms with Gasteiger partial charge in [0.2, 0.25) is 0 Å². The molecule has 0 N–H and O–H groups in total. The summed E-state index contributed by atoms with van der Waals surface area (Å²) in [7, 11) is 0. The van der Waals surface area contributed by atoms with Crippen LogP contribution in [0.5, 0.6) is 0 Å². The smallest absolute Gasteiger partial charge is 0.172 e. The molecular weight excluding hydrogens is 220 g/mol. The molecule has 0 aliphatic carbocycles. The first-order chi connectivity index (χ1) is 7.81. The maximum absolute atomic E-state index is 11.7. The number of thiophene rings is 1. The lowest BCUT2D eigenvalue weighted by Crippen LogP contribution is -1.93. The molecule has 2 rings (SSSR count). The Hall–Kier alpha value is -1.55. The first kappa shape index (κ1) is 11.0. The molecule has 2 heterocycles. The fourth-order valence-corrected chi connectivity index (χ4v) is 2.37. The molecule has 0 aliphatic rings. The Morgan fingerprint density at radius 2 is 2.06 bits per heavy atom. The van der Waals surface area contributed by atoms with Crippen molar-refractivity contribution in [1.29, 1.82) is 0 Å². The summed E-state index contributed by atoms with van der Waals surface area (Å²) in [6, 6.07) is 3.83. The third-order valence-electron chi connectivity index (χ3n) is 2.20. The van der Waals surface area contributed by atoms with Crippen molar-refractivity contribution >= 4 is 17.1 Å². The van der Waals surface area contributed by atoms with Gasteiger partial charge in [0, 0.05) is 29.3 Å². The van der Waals surface area contributed by atoms with E-state index in [9.17, 15) is 4.79 Å². The Morgan fingerprint density at radius 1 is 1.31 bits per heavy atom. The highest BCUT2D eigenvalue weighted by atomic mass is 32.1. The number of rotatable bonds is 4. The van der Waals surface area contributed by atoms with Crippen molar-refractivity contribution in [2.24, 2.45) is 0 Å². The number of carbonyl (C=O) groups is 1. The molecular formula is C12H12N2OS. The molecule has 0 amide bonds. The molecule has 2 aromatic heterocycles. The molecule has 0 spiro atoms. The van der Waals surface area contributed by atoms with E-state index in [0.717, 1.165) is 21.7 Å². The molecule has 4 heteroatoms. The quantitative estimate of drug-likeness (QED) is 0.760. The number of Topliss-reactive ketones (excluding diaryl/α,β-unsaturated/α-hetero) is 1. The van der Waals surface area contributed by atoms with Crippen LogP contribution < -0.4 is 0 Å². The highest BCUT2D eigenvalue weighted by molar-refractivity contribution is 7.17. The summed E-state index contributed by atoms with van der Waals surface area (Å²) in [6.07, 6.45) is 6.52. The average molecular weight is 232 g/mol. The zero-order chi connectivity index (χ0) is 11.4. The van der Waals surface area contributed by atoms with E-state index in [1.165, 1.54) is 17.7 Å². The summed E-state index contributed by atoms with van der Waals surface area (Å²) >= 11 is 1.50. The van der Waals surface area contributed by atoms with Gasteiger partial charge in [-0.2, -0.15) is 0 Å². The van der Waals surface area contributed by atoms with Gasteiger partial charge in [-0.3, -0.25) is 4.79 Å². The lowest BCUT2D eigenvalue weighted by Gasteiger charge is -1.94. The average Bonchev–Trinajstić information content (AvgIpc) is 2.80. The highest BCUT2D eigenvalue weighted by Gasteiger charge is 2.09. The maximum atomic E-state index is 11.7. The van der Waals surface area contributed by atoms with Gasteiger partial charge in [-0.05, 0) is 18.6 Å². The minimum atomic E-state index is 0.218. The van der Waals surface area contributed by atoms with Gasteiger partial charge >= 0.3 is 0 Å². The number of hydrogen-bond donors (Lipinski definition) is 0. The minimum Gasteiger partial charge on any atom is -0.293 e. The summed E-state index contributed by atoms with van der Waals surface area (Å²) in [6.45, 7) is 2.01. The predicted molar refractivity (Wildman–Crippen MR) is 64.6 cm³/mol. The Bertz CT molecular complexity index is 479. The van der Waals surface area contributed by atoms with Crippen LogP contribution in [0.15, 0.2) is 30.9 Å². The molecule has 2 aromatic rings. The Morgan fingerprint density at radius 3 is 2.75 bits per heavy atom. The molecule has 0 saturated heterocycles. The summed E-state index contributed by atoms with van der Waals surface area (Å²) in [5.74, 6) is 0.218. The molecule has 0 unspecified atom stereocenters. The van der Waals surface area contributed by atoms with E-state index in [4.69, 9.17) is 0 Å². The molecule has 3 nitrogen and oxygen atoms in total. The zero-order valence-electron chi connectivity index (χ0n) is 9.01. The first-order valence-corrected chi connectivity index (χ1v) is 6.01. The van der Waals surface area contributed by atoms with Crippen LogP contribution in [0, 0.1) is 0 Å². The Labute approximate surface area is 98.2 Å². The first-order valence-electron chi connectivity index (χ1n) is 5.19. The largest absolute Gasteiger partial charge is 0.293 e. The fourth-order valence-electron chi connectivity index (χ4n) is 1.42. The standard InChI is InChI=1S/C12H12N2OS/c1-2-3-10(15)12-5-4-11(16-12)9-6-13-8-14-7-9/h4-8H,2-3H2,1H3. The topological polar surface area (TPSA) is 42.9 Å². The van der Waals surface area contributed by atoms with E-state index < -0.39 is 0 Å². The summed E-state index contributed by atoms with van der Waals surface area (Å²) < 4.78 is 0. The summed E-state index contributed by atoms with van der Waals surface area (Å²) in [4.78, 5) is 21.5.